The molecule has 5 heteroatoms. The summed E-state index contributed by atoms with van der Waals surface area (Å²) < 4.78 is 43.3. The van der Waals surface area contributed by atoms with E-state index in [1.54, 1.807) is 13.2 Å². The van der Waals surface area contributed by atoms with Crippen LogP contribution in [0.5, 0.6) is 0 Å². The molecule has 1 rings (SSSR count). The van der Waals surface area contributed by atoms with Gasteiger partial charge in [-0.3, -0.25) is 0 Å². The molecule has 0 radical (unpaired) electrons. The minimum absolute atomic E-state index is 0.159. The summed E-state index contributed by atoms with van der Waals surface area (Å²) in [7, 11) is 1.56. The van der Waals surface area contributed by atoms with Crippen molar-refractivity contribution >= 4 is 0 Å². The van der Waals surface area contributed by atoms with Crippen LogP contribution in [-0.2, 0) is 17.5 Å². The molecular formula is C13H18F3NO. The number of halogens is 3. The Bertz CT molecular complexity index is 388. The SMILES string of the molecule is COCC(C)(C)NCc1ccccc1C(F)(F)F. The molecule has 0 aliphatic heterocycles. The van der Waals surface area contributed by atoms with Crippen LogP contribution in [0.25, 0.3) is 0 Å². The third-order valence-electron chi connectivity index (χ3n) is 2.59. The normalized spacial score (nSPS) is 12.8. The molecule has 102 valence electrons. The lowest BCUT2D eigenvalue weighted by molar-refractivity contribution is -0.138. The monoisotopic (exact) mass is 261 g/mol. The zero-order valence-electron chi connectivity index (χ0n) is 10.8. The second-order valence-corrected chi connectivity index (χ2v) is 4.83. The predicted molar refractivity (Wildman–Crippen MR) is 64.2 cm³/mol. The van der Waals surface area contributed by atoms with Gasteiger partial charge < -0.3 is 10.1 Å². The van der Waals surface area contributed by atoms with Crippen LogP contribution in [0, 0.1) is 0 Å². The first kappa shape index (κ1) is 15.0. The van der Waals surface area contributed by atoms with Crippen molar-refractivity contribution in [1.82, 2.24) is 5.32 Å². The van der Waals surface area contributed by atoms with Gasteiger partial charge in [0.05, 0.1) is 12.2 Å². The standard InChI is InChI=1S/C13H18F3NO/c1-12(2,9-18-3)17-8-10-6-4-5-7-11(10)13(14,15)16/h4-7,17H,8-9H2,1-3H3. The number of benzene rings is 1. The fourth-order valence-corrected chi connectivity index (χ4v) is 1.70. The van der Waals surface area contributed by atoms with Gasteiger partial charge in [-0.15, -0.1) is 0 Å². The molecule has 0 aromatic heterocycles. The second kappa shape index (κ2) is 5.71. The Balaban J connectivity index is 2.80. The first-order chi connectivity index (χ1) is 8.26. The summed E-state index contributed by atoms with van der Waals surface area (Å²) >= 11 is 0. The molecule has 0 amide bonds. The molecule has 0 aliphatic carbocycles. The van der Waals surface area contributed by atoms with Gasteiger partial charge in [-0.25, -0.2) is 0 Å². The Kier molecular flexibility index (Phi) is 4.76. The maximum absolute atomic E-state index is 12.8. The van der Waals surface area contributed by atoms with E-state index < -0.39 is 11.7 Å². The van der Waals surface area contributed by atoms with Gasteiger partial charge in [0.15, 0.2) is 0 Å². The lowest BCUT2D eigenvalue weighted by atomic mass is 10.0. The van der Waals surface area contributed by atoms with Crippen LogP contribution in [0.4, 0.5) is 13.2 Å². The number of alkyl halides is 3. The van der Waals surface area contributed by atoms with E-state index in [1.165, 1.54) is 12.1 Å². The zero-order chi connectivity index (χ0) is 13.8. The third kappa shape index (κ3) is 4.31. The van der Waals surface area contributed by atoms with Crippen LogP contribution in [0.1, 0.15) is 25.0 Å². The van der Waals surface area contributed by atoms with E-state index in [0.717, 1.165) is 6.07 Å². The number of methoxy groups -OCH3 is 1. The third-order valence-corrected chi connectivity index (χ3v) is 2.59. The highest BCUT2D eigenvalue weighted by Gasteiger charge is 2.33. The maximum Gasteiger partial charge on any atom is 0.416 e. The summed E-state index contributed by atoms with van der Waals surface area (Å²) in [6.07, 6.45) is -4.32. The average Bonchev–Trinajstić information content (AvgIpc) is 2.26. The van der Waals surface area contributed by atoms with Crippen molar-refractivity contribution in [3.63, 3.8) is 0 Å². The summed E-state index contributed by atoms with van der Waals surface area (Å²) in [6, 6.07) is 5.58. The number of ether oxygens (including phenoxy) is 1. The number of rotatable bonds is 5. The number of hydrogen-bond donors (Lipinski definition) is 1. The fourth-order valence-electron chi connectivity index (χ4n) is 1.70. The molecule has 0 heterocycles. The van der Waals surface area contributed by atoms with Gasteiger partial charge in [0.1, 0.15) is 0 Å². The Morgan fingerprint density at radius 2 is 1.78 bits per heavy atom. The Morgan fingerprint density at radius 1 is 1.17 bits per heavy atom. The highest BCUT2D eigenvalue weighted by atomic mass is 19.4. The smallest absolute Gasteiger partial charge is 0.383 e. The second-order valence-electron chi connectivity index (χ2n) is 4.83. The van der Waals surface area contributed by atoms with Gasteiger partial charge in [0, 0.05) is 19.2 Å². The lowest BCUT2D eigenvalue weighted by Crippen LogP contribution is -2.43. The largest absolute Gasteiger partial charge is 0.416 e. The van der Waals surface area contributed by atoms with Crippen LogP contribution in [0.2, 0.25) is 0 Å². The zero-order valence-corrected chi connectivity index (χ0v) is 10.8. The summed E-state index contributed by atoms with van der Waals surface area (Å²) in [5, 5.41) is 3.06. The van der Waals surface area contributed by atoms with Gasteiger partial charge in [0.25, 0.3) is 0 Å². The minimum atomic E-state index is -4.32. The molecular weight excluding hydrogens is 243 g/mol. The average molecular weight is 261 g/mol. The number of nitrogens with one attached hydrogen (secondary N) is 1. The van der Waals surface area contributed by atoms with Gasteiger partial charge in [-0.2, -0.15) is 13.2 Å². The van der Waals surface area contributed by atoms with Crippen molar-refractivity contribution in [1.29, 1.82) is 0 Å². The van der Waals surface area contributed by atoms with Crippen LogP contribution in [0.3, 0.4) is 0 Å². The summed E-state index contributed by atoms with van der Waals surface area (Å²) in [6.45, 7) is 4.35. The van der Waals surface area contributed by atoms with Gasteiger partial charge >= 0.3 is 6.18 Å². The highest BCUT2D eigenvalue weighted by Crippen LogP contribution is 2.31. The maximum atomic E-state index is 12.8. The lowest BCUT2D eigenvalue weighted by Gasteiger charge is -2.26. The molecule has 0 spiro atoms. The molecule has 0 saturated heterocycles. The quantitative estimate of drug-likeness (QED) is 0.878. The van der Waals surface area contributed by atoms with Gasteiger partial charge in [0.2, 0.25) is 0 Å². The predicted octanol–water partition coefficient (Wildman–Crippen LogP) is 3.22. The van der Waals surface area contributed by atoms with Crippen LogP contribution in [-0.4, -0.2) is 19.3 Å². The number of hydrogen-bond acceptors (Lipinski definition) is 2. The molecule has 0 atom stereocenters. The first-order valence-electron chi connectivity index (χ1n) is 5.65. The molecule has 1 N–H and O–H groups in total. The van der Waals surface area contributed by atoms with Crippen LogP contribution < -0.4 is 5.32 Å². The Morgan fingerprint density at radius 3 is 2.33 bits per heavy atom. The van der Waals surface area contributed by atoms with E-state index in [4.69, 9.17) is 4.74 Å². The van der Waals surface area contributed by atoms with E-state index in [0.29, 0.717) is 6.61 Å². The Labute approximate surface area is 105 Å². The molecule has 18 heavy (non-hydrogen) atoms. The van der Waals surface area contributed by atoms with E-state index in [1.807, 2.05) is 13.8 Å². The minimum Gasteiger partial charge on any atom is -0.383 e. The van der Waals surface area contributed by atoms with Gasteiger partial charge in [-0.05, 0) is 25.5 Å². The van der Waals surface area contributed by atoms with Crippen molar-refractivity contribution in [2.45, 2.75) is 32.1 Å². The van der Waals surface area contributed by atoms with Crippen molar-refractivity contribution in [2.75, 3.05) is 13.7 Å². The van der Waals surface area contributed by atoms with Crippen LogP contribution >= 0.6 is 0 Å². The van der Waals surface area contributed by atoms with E-state index >= 15 is 0 Å². The van der Waals surface area contributed by atoms with Crippen molar-refractivity contribution in [3.8, 4) is 0 Å². The topological polar surface area (TPSA) is 21.3 Å². The van der Waals surface area contributed by atoms with E-state index in [2.05, 4.69) is 5.32 Å². The molecule has 0 unspecified atom stereocenters. The summed E-state index contributed by atoms with van der Waals surface area (Å²) in [4.78, 5) is 0. The van der Waals surface area contributed by atoms with Crippen LogP contribution in [0.15, 0.2) is 24.3 Å². The molecule has 1 aromatic rings. The molecule has 0 fully saturated rings. The highest BCUT2D eigenvalue weighted by molar-refractivity contribution is 5.29. The summed E-state index contributed by atoms with van der Waals surface area (Å²) in [5.41, 5.74) is -0.715. The Hall–Kier alpha value is -1.07. The molecule has 0 saturated carbocycles. The molecule has 2 nitrogen and oxygen atoms in total. The van der Waals surface area contributed by atoms with Crippen molar-refractivity contribution in [3.05, 3.63) is 35.4 Å². The molecule has 0 bridgehead atoms. The fraction of sp³-hybridized carbons (Fsp3) is 0.538. The van der Waals surface area contributed by atoms with E-state index in [-0.39, 0.29) is 17.6 Å². The van der Waals surface area contributed by atoms with Crippen molar-refractivity contribution < 1.29 is 17.9 Å². The van der Waals surface area contributed by atoms with Gasteiger partial charge in [-0.1, -0.05) is 18.2 Å². The summed E-state index contributed by atoms with van der Waals surface area (Å²) in [5.74, 6) is 0. The van der Waals surface area contributed by atoms with Crippen molar-refractivity contribution in [2.24, 2.45) is 0 Å². The molecule has 1 aromatic carbocycles. The van der Waals surface area contributed by atoms with E-state index in [9.17, 15) is 13.2 Å². The molecule has 0 aliphatic rings. The first-order valence-corrected chi connectivity index (χ1v) is 5.65.